The molecule has 0 aliphatic rings. The van der Waals surface area contributed by atoms with Crippen LogP contribution in [0.4, 0.5) is 0 Å². The monoisotopic (exact) mass is 130 g/mol. The van der Waals surface area contributed by atoms with Gasteiger partial charge in [0.15, 0.2) is 0 Å². The third kappa shape index (κ3) is 4.25. The first kappa shape index (κ1) is 8.09. The number of hydrogen-bond acceptors (Lipinski definition) is 1. The fourth-order valence-corrected chi connectivity index (χ4v) is 0.774. The van der Waals surface area contributed by atoms with Crippen molar-refractivity contribution in [2.75, 3.05) is 6.26 Å². The largest absolute Gasteiger partial charge is 0.138 e. The Labute approximate surface area is 56.4 Å². The molecule has 0 nitrogen and oxygen atoms in total. The Morgan fingerprint density at radius 2 is 2.25 bits per heavy atom. The third-order valence-corrected chi connectivity index (χ3v) is 1.62. The molecule has 1 atom stereocenters. The van der Waals surface area contributed by atoms with Crippen LogP contribution in [0, 0.1) is 5.92 Å². The summed E-state index contributed by atoms with van der Waals surface area (Å²) in [5, 5.41) is 2.15. The van der Waals surface area contributed by atoms with Gasteiger partial charge in [-0.25, -0.2) is 0 Å². The van der Waals surface area contributed by atoms with Gasteiger partial charge < -0.3 is 0 Å². The van der Waals surface area contributed by atoms with Crippen molar-refractivity contribution in [1.82, 2.24) is 0 Å². The Morgan fingerprint density at radius 3 is 2.62 bits per heavy atom. The lowest BCUT2D eigenvalue weighted by Crippen LogP contribution is -1.82. The Kier molecular flexibility index (Phi) is 5.29. The van der Waals surface area contributed by atoms with Crippen molar-refractivity contribution in [1.29, 1.82) is 0 Å². The molecule has 8 heavy (non-hydrogen) atoms. The normalized spacial score (nSPS) is 14.9. The number of hydrogen-bond donors (Lipinski definition) is 0. The minimum atomic E-state index is 0.752. The highest BCUT2D eigenvalue weighted by atomic mass is 32.2. The van der Waals surface area contributed by atoms with Crippen molar-refractivity contribution >= 4 is 11.8 Å². The maximum atomic E-state index is 2.24. The van der Waals surface area contributed by atoms with Crippen LogP contribution in [0.15, 0.2) is 11.5 Å². The average molecular weight is 130 g/mol. The quantitative estimate of drug-likeness (QED) is 0.566. The molecule has 0 saturated heterocycles. The molecule has 0 spiro atoms. The Morgan fingerprint density at radius 1 is 1.62 bits per heavy atom. The highest BCUT2D eigenvalue weighted by Crippen LogP contribution is 2.04. The molecule has 0 aromatic heterocycles. The van der Waals surface area contributed by atoms with Crippen molar-refractivity contribution < 1.29 is 0 Å². The molecule has 1 heteroatoms. The summed E-state index contributed by atoms with van der Waals surface area (Å²) < 4.78 is 0. The minimum Gasteiger partial charge on any atom is -0.138 e. The average Bonchev–Trinajstić information content (AvgIpc) is 1.83. The van der Waals surface area contributed by atoms with Gasteiger partial charge in [-0.15, -0.1) is 11.8 Å². The van der Waals surface area contributed by atoms with Crippen LogP contribution in [-0.4, -0.2) is 6.26 Å². The molecule has 0 rings (SSSR count). The van der Waals surface area contributed by atoms with Crippen LogP contribution in [0.2, 0.25) is 0 Å². The lowest BCUT2D eigenvalue weighted by molar-refractivity contribution is 0.699. The molecule has 0 aliphatic heterocycles. The van der Waals surface area contributed by atoms with Gasteiger partial charge in [-0.1, -0.05) is 26.3 Å². The van der Waals surface area contributed by atoms with Crippen LogP contribution in [0.25, 0.3) is 0 Å². The smallest absolute Gasteiger partial charge is 0.0142 e. The van der Waals surface area contributed by atoms with Gasteiger partial charge in [0.2, 0.25) is 0 Å². The van der Waals surface area contributed by atoms with Crippen LogP contribution < -0.4 is 0 Å². The topological polar surface area (TPSA) is 0 Å². The van der Waals surface area contributed by atoms with Crippen LogP contribution in [0.3, 0.4) is 0 Å². The van der Waals surface area contributed by atoms with Gasteiger partial charge in [0, 0.05) is 0 Å². The van der Waals surface area contributed by atoms with E-state index in [2.05, 4.69) is 31.6 Å². The summed E-state index contributed by atoms with van der Waals surface area (Å²) in [5.74, 6) is 0.752. The summed E-state index contributed by atoms with van der Waals surface area (Å²) in [4.78, 5) is 0. The van der Waals surface area contributed by atoms with E-state index in [9.17, 15) is 0 Å². The van der Waals surface area contributed by atoms with Gasteiger partial charge in [0.25, 0.3) is 0 Å². The van der Waals surface area contributed by atoms with Crippen molar-refractivity contribution in [3.63, 3.8) is 0 Å². The first-order valence-electron chi connectivity index (χ1n) is 3.00. The molecule has 0 fully saturated rings. The number of thioether (sulfide) groups is 1. The summed E-state index contributed by atoms with van der Waals surface area (Å²) >= 11 is 1.76. The molecule has 48 valence electrons. The van der Waals surface area contributed by atoms with Gasteiger partial charge in [0.1, 0.15) is 0 Å². The molecule has 0 N–H and O–H groups in total. The minimum absolute atomic E-state index is 0.752. The molecule has 0 heterocycles. The van der Waals surface area contributed by atoms with Crippen LogP contribution in [0.1, 0.15) is 20.3 Å². The molecular formula is C7H14S. The molecule has 0 aromatic rings. The zero-order valence-corrected chi connectivity index (χ0v) is 6.66. The van der Waals surface area contributed by atoms with E-state index < -0.39 is 0 Å². The third-order valence-electron chi connectivity index (χ3n) is 1.19. The van der Waals surface area contributed by atoms with E-state index in [1.54, 1.807) is 11.8 Å². The first-order chi connectivity index (χ1) is 3.81. The molecule has 0 aromatic carbocycles. The van der Waals surface area contributed by atoms with Gasteiger partial charge >= 0.3 is 0 Å². The zero-order valence-electron chi connectivity index (χ0n) is 5.85. The maximum Gasteiger partial charge on any atom is -0.0142 e. The fourth-order valence-electron chi connectivity index (χ4n) is 0.349. The van der Waals surface area contributed by atoms with E-state index >= 15 is 0 Å². The Hall–Kier alpha value is 0.0900. The van der Waals surface area contributed by atoms with Crippen molar-refractivity contribution in [3.8, 4) is 0 Å². The Bertz CT molecular complexity index is 66.8. The second-order valence-corrected chi connectivity index (χ2v) is 2.69. The predicted molar refractivity (Wildman–Crippen MR) is 42.1 cm³/mol. The number of allylic oxidation sites excluding steroid dienone is 1. The molecule has 1 unspecified atom stereocenters. The van der Waals surface area contributed by atoms with Crippen molar-refractivity contribution in [2.24, 2.45) is 5.92 Å². The summed E-state index contributed by atoms with van der Waals surface area (Å²) in [7, 11) is 0. The van der Waals surface area contributed by atoms with Crippen molar-refractivity contribution in [3.05, 3.63) is 11.5 Å². The predicted octanol–water partition coefficient (Wildman–Crippen LogP) is 2.91. The van der Waals surface area contributed by atoms with Gasteiger partial charge in [-0.3, -0.25) is 0 Å². The van der Waals surface area contributed by atoms with Gasteiger partial charge in [-0.05, 0) is 17.6 Å². The SMILES string of the molecule is CCC(C)/C=C\SC. The second kappa shape index (κ2) is 5.23. The Balaban J connectivity index is 3.21. The number of rotatable bonds is 3. The molecule has 0 aliphatic carbocycles. The van der Waals surface area contributed by atoms with E-state index in [0.29, 0.717) is 0 Å². The van der Waals surface area contributed by atoms with E-state index in [1.807, 2.05) is 0 Å². The first-order valence-corrected chi connectivity index (χ1v) is 4.29. The van der Waals surface area contributed by atoms with Gasteiger partial charge in [-0.2, -0.15) is 0 Å². The van der Waals surface area contributed by atoms with Crippen LogP contribution >= 0.6 is 11.8 Å². The van der Waals surface area contributed by atoms with E-state index in [4.69, 9.17) is 0 Å². The highest BCUT2D eigenvalue weighted by molar-refractivity contribution is 8.01. The molecule has 0 radical (unpaired) electrons. The second-order valence-electron chi connectivity index (χ2n) is 1.95. The van der Waals surface area contributed by atoms with E-state index in [1.165, 1.54) is 6.42 Å². The standard InChI is InChI=1S/C7H14S/c1-4-7(2)5-6-8-3/h5-7H,4H2,1-3H3/b6-5-. The highest BCUT2D eigenvalue weighted by Gasteiger charge is 1.87. The van der Waals surface area contributed by atoms with Crippen molar-refractivity contribution in [2.45, 2.75) is 20.3 Å². The summed E-state index contributed by atoms with van der Waals surface area (Å²) in [6.45, 7) is 4.43. The zero-order chi connectivity index (χ0) is 6.41. The summed E-state index contributed by atoms with van der Waals surface area (Å²) in [6, 6.07) is 0. The molecule has 0 amide bonds. The van der Waals surface area contributed by atoms with Crippen LogP contribution in [-0.2, 0) is 0 Å². The molecule has 0 saturated carbocycles. The fraction of sp³-hybridized carbons (Fsp3) is 0.714. The summed E-state index contributed by atoms with van der Waals surface area (Å²) in [6.07, 6.45) is 5.57. The maximum absolute atomic E-state index is 2.24. The van der Waals surface area contributed by atoms with Gasteiger partial charge in [0.05, 0.1) is 0 Å². The lowest BCUT2D eigenvalue weighted by atomic mass is 10.1. The van der Waals surface area contributed by atoms with E-state index in [-0.39, 0.29) is 0 Å². The lowest BCUT2D eigenvalue weighted by Gasteiger charge is -1.96. The summed E-state index contributed by atoms with van der Waals surface area (Å²) in [5.41, 5.74) is 0. The molecular weight excluding hydrogens is 116 g/mol. The molecule has 0 bridgehead atoms. The van der Waals surface area contributed by atoms with E-state index in [0.717, 1.165) is 5.92 Å². The van der Waals surface area contributed by atoms with Crippen LogP contribution in [0.5, 0.6) is 0 Å².